The molecule has 1 fully saturated rings. The Morgan fingerprint density at radius 3 is 2.81 bits per heavy atom. The van der Waals surface area contributed by atoms with E-state index in [-0.39, 0.29) is 16.9 Å². The minimum atomic E-state index is -0.317. The molecule has 1 aromatic rings. The molecule has 16 heavy (non-hydrogen) atoms. The maximum atomic E-state index is 13.4. The van der Waals surface area contributed by atoms with Crippen molar-refractivity contribution in [2.45, 2.75) is 38.1 Å². The topological polar surface area (TPSA) is 12.0 Å². The zero-order valence-corrected chi connectivity index (χ0v) is 10.1. The summed E-state index contributed by atoms with van der Waals surface area (Å²) in [6, 6.07) is 5.41. The average molecular weight is 242 g/mol. The SMILES string of the molecule is Fc1cc(C2CCCCCCN2)ccc1Cl. The van der Waals surface area contributed by atoms with Crippen LogP contribution in [-0.2, 0) is 0 Å². The lowest BCUT2D eigenvalue weighted by molar-refractivity contribution is 0.426. The predicted octanol–water partition coefficient (Wildman–Crippen LogP) is 4.07. The monoisotopic (exact) mass is 241 g/mol. The molecule has 0 spiro atoms. The van der Waals surface area contributed by atoms with Crippen LogP contribution in [-0.4, -0.2) is 6.54 Å². The van der Waals surface area contributed by atoms with Crippen LogP contribution in [0, 0.1) is 5.82 Å². The standard InChI is InChI=1S/C13H17ClFN/c14-11-7-6-10(9-12(11)15)13-5-3-1-2-4-8-16-13/h6-7,9,13,16H,1-5,8H2. The quantitative estimate of drug-likeness (QED) is 0.782. The largest absolute Gasteiger partial charge is 0.310 e. The average Bonchev–Trinajstić information content (AvgIpc) is 2.22. The van der Waals surface area contributed by atoms with E-state index in [2.05, 4.69) is 5.32 Å². The Hall–Kier alpha value is -0.600. The number of halogens is 2. The van der Waals surface area contributed by atoms with Crippen LogP contribution in [0.4, 0.5) is 4.39 Å². The van der Waals surface area contributed by atoms with Gasteiger partial charge in [0.2, 0.25) is 0 Å². The maximum Gasteiger partial charge on any atom is 0.142 e. The van der Waals surface area contributed by atoms with Gasteiger partial charge < -0.3 is 5.32 Å². The van der Waals surface area contributed by atoms with Crippen LogP contribution in [0.25, 0.3) is 0 Å². The molecule has 2 rings (SSSR count). The number of nitrogens with one attached hydrogen (secondary N) is 1. The third-order valence-electron chi connectivity index (χ3n) is 3.16. The Morgan fingerprint density at radius 2 is 2.00 bits per heavy atom. The van der Waals surface area contributed by atoms with E-state index in [1.165, 1.54) is 25.7 Å². The van der Waals surface area contributed by atoms with Crippen LogP contribution in [0.3, 0.4) is 0 Å². The Bertz CT molecular complexity index is 346. The van der Waals surface area contributed by atoms with Crippen LogP contribution in [0.15, 0.2) is 18.2 Å². The molecule has 1 N–H and O–H groups in total. The van der Waals surface area contributed by atoms with Crippen LogP contribution in [0.1, 0.15) is 43.7 Å². The molecule has 1 atom stereocenters. The molecule has 1 aromatic carbocycles. The van der Waals surface area contributed by atoms with Gasteiger partial charge in [0.15, 0.2) is 0 Å². The zero-order chi connectivity index (χ0) is 11.4. The fraction of sp³-hybridized carbons (Fsp3) is 0.538. The molecule has 1 aliphatic rings. The highest BCUT2D eigenvalue weighted by molar-refractivity contribution is 6.30. The molecule has 0 aromatic heterocycles. The van der Waals surface area contributed by atoms with Crippen molar-refractivity contribution in [3.05, 3.63) is 34.6 Å². The van der Waals surface area contributed by atoms with E-state index in [1.54, 1.807) is 12.1 Å². The number of rotatable bonds is 1. The Labute approximate surface area is 101 Å². The number of benzene rings is 1. The fourth-order valence-electron chi connectivity index (χ4n) is 2.22. The second-order valence-electron chi connectivity index (χ2n) is 4.38. The highest BCUT2D eigenvalue weighted by Gasteiger charge is 2.14. The highest BCUT2D eigenvalue weighted by Crippen LogP contribution is 2.25. The molecular formula is C13H17ClFN. The Balaban J connectivity index is 2.11. The summed E-state index contributed by atoms with van der Waals surface area (Å²) in [5.74, 6) is -0.317. The summed E-state index contributed by atoms with van der Waals surface area (Å²) in [5.41, 5.74) is 1.02. The molecule has 3 heteroatoms. The first kappa shape index (κ1) is 11.9. The van der Waals surface area contributed by atoms with Crippen molar-refractivity contribution >= 4 is 11.6 Å². The van der Waals surface area contributed by atoms with Gasteiger partial charge in [0.25, 0.3) is 0 Å². The van der Waals surface area contributed by atoms with Gasteiger partial charge in [-0.15, -0.1) is 0 Å². The van der Waals surface area contributed by atoms with E-state index in [0.29, 0.717) is 0 Å². The third-order valence-corrected chi connectivity index (χ3v) is 3.46. The molecular weight excluding hydrogens is 225 g/mol. The summed E-state index contributed by atoms with van der Waals surface area (Å²) in [6.45, 7) is 1.02. The first-order valence-electron chi connectivity index (χ1n) is 5.96. The van der Waals surface area contributed by atoms with Crippen molar-refractivity contribution < 1.29 is 4.39 Å². The molecule has 1 heterocycles. The van der Waals surface area contributed by atoms with Crippen LogP contribution < -0.4 is 5.32 Å². The first-order chi connectivity index (χ1) is 7.77. The van der Waals surface area contributed by atoms with E-state index < -0.39 is 0 Å². The summed E-state index contributed by atoms with van der Waals surface area (Å²) in [6.07, 6.45) is 6.10. The van der Waals surface area contributed by atoms with Crippen LogP contribution >= 0.6 is 11.6 Å². The molecule has 88 valence electrons. The molecule has 0 bridgehead atoms. The lowest BCUT2D eigenvalue weighted by atomic mass is 9.98. The molecule has 1 aliphatic heterocycles. The van der Waals surface area contributed by atoms with Crippen molar-refractivity contribution in [3.63, 3.8) is 0 Å². The normalized spacial score (nSPS) is 22.5. The Morgan fingerprint density at radius 1 is 1.19 bits per heavy atom. The minimum absolute atomic E-state index is 0.203. The van der Waals surface area contributed by atoms with Crippen molar-refractivity contribution in [2.24, 2.45) is 0 Å². The zero-order valence-electron chi connectivity index (χ0n) is 9.31. The predicted molar refractivity (Wildman–Crippen MR) is 65.2 cm³/mol. The summed E-state index contributed by atoms with van der Waals surface area (Å²) >= 11 is 5.68. The molecule has 1 unspecified atom stereocenters. The van der Waals surface area contributed by atoms with Crippen LogP contribution in [0.5, 0.6) is 0 Å². The van der Waals surface area contributed by atoms with Gasteiger partial charge in [-0.25, -0.2) is 4.39 Å². The van der Waals surface area contributed by atoms with Crippen molar-refractivity contribution in [1.29, 1.82) is 0 Å². The summed E-state index contributed by atoms with van der Waals surface area (Å²) in [7, 11) is 0. The second-order valence-corrected chi connectivity index (χ2v) is 4.79. The fourth-order valence-corrected chi connectivity index (χ4v) is 2.34. The van der Waals surface area contributed by atoms with Gasteiger partial charge in [-0.3, -0.25) is 0 Å². The van der Waals surface area contributed by atoms with Crippen molar-refractivity contribution in [3.8, 4) is 0 Å². The molecule has 0 aliphatic carbocycles. The smallest absolute Gasteiger partial charge is 0.142 e. The summed E-state index contributed by atoms with van der Waals surface area (Å²) in [5, 5.41) is 3.68. The van der Waals surface area contributed by atoms with E-state index in [9.17, 15) is 4.39 Å². The lowest BCUT2D eigenvalue weighted by Crippen LogP contribution is -2.24. The lowest BCUT2D eigenvalue weighted by Gasteiger charge is -2.22. The van der Waals surface area contributed by atoms with Gasteiger partial charge >= 0.3 is 0 Å². The van der Waals surface area contributed by atoms with Crippen molar-refractivity contribution in [2.75, 3.05) is 6.54 Å². The van der Waals surface area contributed by atoms with Gasteiger partial charge in [-0.2, -0.15) is 0 Å². The van der Waals surface area contributed by atoms with E-state index >= 15 is 0 Å². The van der Waals surface area contributed by atoms with E-state index in [0.717, 1.165) is 18.5 Å². The van der Waals surface area contributed by atoms with Gasteiger partial charge in [-0.05, 0) is 37.1 Å². The molecule has 1 nitrogen and oxygen atoms in total. The maximum absolute atomic E-state index is 13.4. The Kier molecular flexibility index (Phi) is 4.19. The van der Waals surface area contributed by atoms with Crippen molar-refractivity contribution in [1.82, 2.24) is 5.32 Å². The van der Waals surface area contributed by atoms with Gasteiger partial charge in [0, 0.05) is 6.04 Å². The van der Waals surface area contributed by atoms with Gasteiger partial charge in [0.05, 0.1) is 5.02 Å². The van der Waals surface area contributed by atoms with E-state index in [4.69, 9.17) is 11.6 Å². The third kappa shape index (κ3) is 2.96. The molecule has 1 saturated heterocycles. The van der Waals surface area contributed by atoms with E-state index in [1.807, 2.05) is 6.07 Å². The molecule has 0 amide bonds. The van der Waals surface area contributed by atoms with Crippen LogP contribution in [0.2, 0.25) is 5.02 Å². The summed E-state index contributed by atoms with van der Waals surface area (Å²) < 4.78 is 13.4. The van der Waals surface area contributed by atoms with Gasteiger partial charge in [-0.1, -0.05) is 36.9 Å². The molecule has 0 radical (unpaired) electrons. The second kappa shape index (κ2) is 5.65. The molecule has 0 saturated carbocycles. The first-order valence-corrected chi connectivity index (χ1v) is 6.33. The number of hydrogen-bond acceptors (Lipinski definition) is 1. The number of hydrogen-bond donors (Lipinski definition) is 1. The van der Waals surface area contributed by atoms with Gasteiger partial charge in [0.1, 0.15) is 5.82 Å². The minimum Gasteiger partial charge on any atom is -0.310 e. The summed E-state index contributed by atoms with van der Waals surface area (Å²) in [4.78, 5) is 0. The highest BCUT2D eigenvalue weighted by atomic mass is 35.5.